The van der Waals surface area contributed by atoms with Gasteiger partial charge in [0.25, 0.3) is 0 Å². The summed E-state index contributed by atoms with van der Waals surface area (Å²) in [5.41, 5.74) is 3.04. The molecule has 0 aliphatic carbocycles. The number of hydrogen-bond acceptors (Lipinski definition) is 2. The second-order valence-electron chi connectivity index (χ2n) is 5.81. The molecule has 0 aromatic heterocycles. The maximum Gasteiger partial charge on any atom is 0.0462 e. The van der Waals surface area contributed by atoms with Gasteiger partial charge in [-0.15, -0.1) is 0 Å². The van der Waals surface area contributed by atoms with Gasteiger partial charge in [0.2, 0.25) is 0 Å². The van der Waals surface area contributed by atoms with Crippen LogP contribution in [0, 0.1) is 0 Å². The average Bonchev–Trinajstić information content (AvgIpc) is 2.34. The van der Waals surface area contributed by atoms with E-state index in [1.54, 1.807) is 7.11 Å². The van der Waals surface area contributed by atoms with Crippen molar-refractivity contribution < 1.29 is 4.74 Å². The normalized spacial score (nSPS) is 13.6. The number of rotatable bonds is 6. The minimum absolute atomic E-state index is 0.187. The van der Waals surface area contributed by atoms with Crippen LogP contribution in [0.2, 0.25) is 0 Å². The van der Waals surface area contributed by atoms with Crippen molar-refractivity contribution in [1.82, 2.24) is 5.32 Å². The first kappa shape index (κ1) is 15.2. The Bertz CT molecular complexity index is 354. The van der Waals surface area contributed by atoms with E-state index in [4.69, 9.17) is 4.74 Å². The lowest BCUT2D eigenvalue weighted by molar-refractivity contribution is 0.189. The average molecular weight is 249 g/mol. The molecular weight excluding hydrogens is 222 g/mol. The second kappa shape index (κ2) is 6.91. The first-order valence-corrected chi connectivity index (χ1v) is 6.76. The smallest absolute Gasteiger partial charge is 0.0462 e. The van der Waals surface area contributed by atoms with Crippen molar-refractivity contribution in [2.45, 2.75) is 45.1 Å². The van der Waals surface area contributed by atoms with Gasteiger partial charge in [0.15, 0.2) is 0 Å². The van der Waals surface area contributed by atoms with E-state index in [0.29, 0.717) is 6.04 Å². The fourth-order valence-corrected chi connectivity index (χ4v) is 2.37. The van der Waals surface area contributed by atoms with Crippen LogP contribution in [-0.4, -0.2) is 20.8 Å². The van der Waals surface area contributed by atoms with Crippen LogP contribution in [0.5, 0.6) is 0 Å². The van der Waals surface area contributed by atoms with E-state index in [1.807, 2.05) is 7.05 Å². The summed E-state index contributed by atoms with van der Waals surface area (Å²) in [5.74, 6) is 0. The Morgan fingerprint density at radius 1 is 1.22 bits per heavy atom. The molecule has 0 bridgehead atoms. The second-order valence-corrected chi connectivity index (χ2v) is 5.81. The van der Waals surface area contributed by atoms with Crippen molar-refractivity contribution in [3.63, 3.8) is 0 Å². The molecule has 0 saturated carbocycles. The Kier molecular flexibility index (Phi) is 5.83. The number of methoxy groups -OCH3 is 1. The van der Waals surface area contributed by atoms with Gasteiger partial charge in [-0.2, -0.15) is 0 Å². The van der Waals surface area contributed by atoms with Crippen LogP contribution >= 0.6 is 0 Å². The van der Waals surface area contributed by atoms with Gasteiger partial charge in [0, 0.05) is 19.8 Å². The molecule has 2 nitrogen and oxygen atoms in total. The molecule has 1 atom stereocenters. The highest BCUT2D eigenvalue weighted by Crippen LogP contribution is 2.31. The molecule has 2 heteroatoms. The van der Waals surface area contributed by atoms with E-state index >= 15 is 0 Å². The molecule has 0 fully saturated rings. The molecule has 102 valence electrons. The molecular formula is C16H27NO. The predicted octanol–water partition coefficient (Wildman–Crippen LogP) is 3.67. The third kappa shape index (κ3) is 4.11. The van der Waals surface area contributed by atoms with Gasteiger partial charge < -0.3 is 10.1 Å². The molecule has 0 aliphatic heterocycles. The minimum atomic E-state index is 0.187. The monoisotopic (exact) mass is 249 g/mol. The van der Waals surface area contributed by atoms with Gasteiger partial charge in [-0.3, -0.25) is 0 Å². The maximum absolute atomic E-state index is 5.14. The fraction of sp³-hybridized carbons (Fsp3) is 0.625. The summed E-state index contributed by atoms with van der Waals surface area (Å²) < 4.78 is 5.14. The Balaban J connectivity index is 2.91. The van der Waals surface area contributed by atoms with Crippen molar-refractivity contribution >= 4 is 0 Å². The first-order valence-electron chi connectivity index (χ1n) is 6.76. The largest absolute Gasteiger partial charge is 0.385 e. The van der Waals surface area contributed by atoms with Crippen LogP contribution in [-0.2, 0) is 10.2 Å². The molecule has 0 spiro atoms. The van der Waals surface area contributed by atoms with Crippen LogP contribution < -0.4 is 5.32 Å². The third-order valence-electron chi connectivity index (χ3n) is 3.33. The van der Waals surface area contributed by atoms with Crippen LogP contribution in [0.1, 0.15) is 50.8 Å². The third-order valence-corrected chi connectivity index (χ3v) is 3.33. The quantitative estimate of drug-likeness (QED) is 0.777. The number of benzene rings is 1. The van der Waals surface area contributed by atoms with E-state index in [2.05, 4.69) is 50.4 Å². The Morgan fingerprint density at radius 2 is 1.89 bits per heavy atom. The molecule has 1 unspecified atom stereocenters. The molecule has 1 N–H and O–H groups in total. The fourth-order valence-electron chi connectivity index (χ4n) is 2.37. The van der Waals surface area contributed by atoms with E-state index in [1.165, 1.54) is 11.1 Å². The molecule has 0 amide bonds. The first-order chi connectivity index (χ1) is 8.50. The van der Waals surface area contributed by atoms with Gasteiger partial charge in [-0.25, -0.2) is 0 Å². The summed E-state index contributed by atoms with van der Waals surface area (Å²) in [4.78, 5) is 0. The van der Waals surface area contributed by atoms with Crippen molar-refractivity contribution in [3.05, 3.63) is 35.4 Å². The molecule has 1 aromatic rings. The zero-order chi connectivity index (χ0) is 13.6. The molecule has 0 radical (unpaired) electrons. The van der Waals surface area contributed by atoms with Gasteiger partial charge in [-0.05, 0) is 36.4 Å². The Morgan fingerprint density at radius 3 is 2.44 bits per heavy atom. The van der Waals surface area contributed by atoms with Crippen LogP contribution in [0.3, 0.4) is 0 Å². The van der Waals surface area contributed by atoms with Crippen molar-refractivity contribution in [1.29, 1.82) is 0 Å². The Labute approximate surface area is 112 Å². The number of ether oxygens (including phenoxy) is 1. The van der Waals surface area contributed by atoms with Crippen molar-refractivity contribution in [2.75, 3.05) is 20.8 Å². The van der Waals surface area contributed by atoms with Gasteiger partial charge in [-0.1, -0.05) is 45.0 Å². The van der Waals surface area contributed by atoms with Crippen LogP contribution in [0.4, 0.5) is 0 Å². The van der Waals surface area contributed by atoms with Crippen molar-refractivity contribution in [3.8, 4) is 0 Å². The van der Waals surface area contributed by atoms with E-state index in [9.17, 15) is 0 Å². The molecule has 0 aliphatic rings. The van der Waals surface area contributed by atoms with Gasteiger partial charge >= 0.3 is 0 Å². The number of hydrogen-bond donors (Lipinski definition) is 1. The van der Waals surface area contributed by atoms with Crippen molar-refractivity contribution in [2.24, 2.45) is 0 Å². The lowest BCUT2D eigenvalue weighted by Crippen LogP contribution is -2.22. The molecule has 18 heavy (non-hydrogen) atoms. The summed E-state index contributed by atoms with van der Waals surface area (Å²) in [6.45, 7) is 7.64. The Hall–Kier alpha value is -0.860. The highest BCUT2D eigenvalue weighted by Gasteiger charge is 2.21. The maximum atomic E-state index is 5.14. The highest BCUT2D eigenvalue weighted by atomic mass is 16.5. The standard InChI is InChI=1S/C16H27NO/c1-16(2,3)14-10-7-6-9-13(14)15(17-4)11-8-12-18-5/h6-7,9-10,15,17H,8,11-12H2,1-5H3. The van der Waals surface area contributed by atoms with E-state index in [-0.39, 0.29) is 5.41 Å². The molecule has 1 aromatic carbocycles. The minimum Gasteiger partial charge on any atom is -0.385 e. The summed E-state index contributed by atoms with van der Waals surface area (Å²) >= 11 is 0. The van der Waals surface area contributed by atoms with Gasteiger partial charge in [0.05, 0.1) is 0 Å². The lowest BCUT2D eigenvalue weighted by Gasteiger charge is -2.27. The topological polar surface area (TPSA) is 21.3 Å². The predicted molar refractivity (Wildman–Crippen MR) is 78.1 cm³/mol. The van der Waals surface area contributed by atoms with E-state index in [0.717, 1.165) is 19.4 Å². The van der Waals surface area contributed by atoms with Gasteiger partial charge in [0.1, 0.15) is 0 Å². The SMILES string of the molecule is CNC(CCCOC)c1ccccc1C(C)(C)C. The highest BCUT2D eigenvalue weighted by molar-refractivity contribution is 5.35. The summed E-state index contributed by atoms with van der Waals surface area (Å²) in [6.07, 6.45) is 2.19. The molecule has 0 saturated heterocycles. The zero-order valence-electron chi connectivity index (χ0n) is 12.4. The number of nitrogens with one attached hydrogen (secondary N) is 1. The van der Waals surface area contributed by atoms with Crippen LogP contribution in [0.15, 0.2) is 24.3 Å². The lowest BCUT2D eigenvalue weighted by atomic mass is 9.81. The summed E-state index contributed by atoms with van der Waals surface area (Å²) in [5, 5.41) is 3.43. The molecule has 0 heterocycles. The summed E-state index contributed by atoms with van der Waals surface area (Å²) in [6, 6.07) is 9.16. The van der Waals surface area contributed by atoms with E-state index < -0.39 is 0 Å². The molecule has 1 rings (SSSR count). The zero-order valence-corrected chi connectivity index (χ0v) is 12.4. The summed E-state index contributed by atoms with van der Waals surface area (Å²) in [7, 11) is 3.80. The van der Waals surface area contributed by atoms with Crippen LogP contribution in [0.25, 0.3) is 0 Å².